The van der Waals surface area contributed by atoms with Gasteiger partial charge in [-0.2, -0.15) is 0 Å². The van der Waals surface area contributed by atoms with Crippen LogP contribution in [0.25, 0.3) is 22.2 Å². The minimum absolute atomic E-state index is 0.0524. The molecule has 0 saturated carbocycles. The predicted molar refractivity (Wildman–Crippen MR) is 178 cm³/mol. The Morgan fingerprint density at radius 2 is 1.87 bits per heavy atom. The number of para-hydroxylation sites is 1. The molecule has 1 aliphatic rings. The van der Waals surface area contributed by atoms with Crippen LogP contribution in [0, 0.1) is 12.8 Å². The first kappa shape index (κ1) is 32.4. The number of benzene rings is 3. The van der Waals surface area contributed by atoms with Crippen LogP contribution in [0.15, 0.2) is 72.8 Å². The van der Waals surface area contributed by atoms with E-state index in [1.165, 1.54) is 7.11 Å². The summed E-state index contributed by atoms with van der Waals surface area (Å²) in [4.78, 5) is 32.3. The quantitative estimate of drug-likeness (QED) is 0.174. The van der Waals surface area contributed by atoms with Crippen molar-refractivity contribution in [2.45, 2.75) is 44.8 Å². The van der Waals surface area contributed by atoms with E-state index in [0.717, 1.165) is 41.4 Å². The van der Waals surface area contributed by atoms with E-state index in [1.807, 2.05) is 91.7 Å². The minimum Gasteiger partial charge on any atom is -0.453 e. The van der Waals surface area contributed by atoms with Crippen LogP contribution in [0.3, 0.4) is 0 Å². The standard InChI is InChI=1S/C36H41ClN4O4/c1-24-8-4-9-26-17-18-31(40-33(24)26)32-29(11-5-12-30(32)37)36(44,19-7-20-39-35(43)45-3)28-10-6-21-41(23-28)34(42)27-15-13-25(14-16-27)22-38-2/h4-5,8-9,11-18,28,38,44H,6-7,10,19-23H2,1-3H3,(H,39,43)/t28-,36+/m1/s1. The Bertz CT molecular complexity index is 1660. The molecule has 8 nitrogen and oxygen atoms in total. The molecule has 2 heterocycles. The van der Waals surface area contributed by atoms with Gasteiger partial charge in [0.2, 0.25) is 0 Å². The normalized spacial score (nSPS) is 16.3. The summed E-state index contributed by atoms with van der Waals surface area (Å²) in [7, 11) is 3.21. The van der Waals surface area contributed by atoms with Crippen LogP contribution in [-0.4, -0.2) is 60.8 Å². The van der Waals surface area contributed by atoms with Crippen molar-refractivity contribution < 1.29 is 19.4 Å². The fourth-order valence-corrected chi connectivity index (χ4v) is 6.73. The number of rotatable bonds is 10. The number of pyridine rings is 1. The number of methoxy groups -OCH3 is 1. The molecule has 3 aromatic carbocycles. The number of amides is 2. The average Bonchev–Trinajstić information content (AvgIpc) is 3.06. The van der Waals surface area contributed by atoms with Gasteiger partial charge in [0, 0.05) is 48.6 Å². The molecule has 0 bridgehead atoms. The highest BCUT2D eigenvalue weighted by molar-refractivity contribution is 6.33. The Labute approximate surface area is 269 Å². The van der Waals surface area contributed by atoms with Gasteiger partial charge in [0.25, 0.3) is 5.91 Å². The van der Waals surface area contributed by atoms with Crippen LogP contribution in [0.1, 0.15) is 52.7 Å². The molecule has 236 valence electrons. The summed E-state index contributed by atoms with van der Waals surface area (Å²) < 4.78 is 4.74. The molecule has 0 unspecified atom stereocenters. The van der Waals surface area contributed by atoms with Crippen LogP contribution < -0.4 is 10.6 Å². The summed E-state index contributed by atoms with van der Waals surface area (Å²) in [6.45, 7) is 4.08. The Morgan fingerprint density at radius 3 is 2.62 bits per heavy atom. The lowest BCUT2D eigenvalue weighted by atomic mass is 9.72. The Morgan fingerprint density at radius 1 is 1.09 bits per heavy atom. The topological polar surface area (TPSA) is 104 Å². The van der Waals surface area contributed by atoms with Crippen molar-refractivity contribution in [3.8, 4) is 11.3 Å². The van der Waals surface area contributed by atoms with E-state index < -0.39 is 11.7 Å². The maximum absolute atomic E-state index is 13.7. The molecule has 45 heavy (non-hydrogen) atoms. The lowest BCUT2D eigenvalue weighted by molar-refractivity contribution is -0.0563. The van der Waals surface area contributed by atoms with Gasteiger partial charge in [-0.25, -0.2) is 9.78 Å². The number of hydrogen-bond donors (Lipinski definition) is 3. The van der Waals surface area contributed by atoms with Gasteiger partial charge in [-0.05, 0) is 80.6 Å². The number of aromatic nitrogens is 1. The van der Waals surface area contributed by atoms with E-state index in [2.05, 4.69) is 10.6 Å². The smallest absolute Gasteiger partial charge is 0.406 e. The largest absolute Gasteiger partial charge is 0.453 e. The van der Waals surface area contributed by atoms with Gasteiger partial charge < -0.3 is 25.4 Å². The number of ether oxygens (including phenoxy) is 1. The molecule has 2 amide bonds. The molecule has 1 aromatic heterocycles. The molecular weight excluding hydrogens is 588 g/mol. The molecule has 4 aromatic rings. The van der Waals surface area contributed by atoms with Crippen LogP contribution >= 0.6 is 11.6 Å². The van der Waals surface area contributed by atoms with Gasteiger partial charge in [-0.1, -0.05) is 60.1 Å². The second-order valence-corrected chi connectivity index (χ2v) is 12.2. The summed E-state index contributed by atoms with van der Waals surface area (Å²) in [5, 5.41) is 20.2. The molecule has 0 radical (unpaired) electrons. The third kappa shape index (κ3) is 7.14. The Hall–Kier alpha value is -3.98. The number of halogens is 1. The lowest BCUT2D eigenvalue weighted by Crippen LogP contribution is -2.48. The lowest BCUT2D eigenvalue weighted by Gasteiger charge is -2.43. The van der Waals surface area contributed by atoms with E-state index in [-0.39, 0.29) is 11.8 Å². The summed E-state index contributed by atoms with van der Waals surface area (Å²) in [6, 6.07) is 23.3. The fourth-order valence-electron chi connectivity index (χ4n) is 6.46. The number of hydrogen-bond acceptors (Lipinski definition) is 6. The first-order valence-electron chi connectivity index (χ1n) is 15.5. The molecule has 1 saturated heterocycles. The van der Waals surface area contributed by atoms with Gasteiger partial charge in [-0.15, -0.1) is 0 Å². The Balaban J connectivity index is 1.52. The van der Waals surface area contributed by atoms with E-state index in [4.69, 9.17) is 21.3 Å². The number of aryl methyl sites for hydroxylation is 1. The average molecular weight is 629 g/mol. The van der Waals surface area contributed by atoms with Crippen molar-refractivity contribution >= 4 is 34.5 Å². The second kappa shape index (κ2) is 14.4. The third-order valence-corrected chi connectivity index (χ3v) is 9.13. The van der Waals surface area contributed by atoms with E-state index >= 15 is 0 Å². The van der Waals surface area contributed by atoms with Crippen molar-refractivity contribution in [3.05, 3.63) is 100 Å². The maximum atomic E-state index is 13.7. The summed E-state index contributed by atoms with van der Waals surface area (Å²) in [6.07, 6.45) is 1.78. The molecule has 0 aliphatic carbocycles. The number of likely N-dealkylation sites (tertiary alicyclic amines) is 1. The zero-order chi connectivity index (χ0) is 32.0. The number of piperidine rings is 1. The molecular formula is C36H41ClN4O4. The molecule has 3 N–H and O–H groups in total. The highest BCUT2D eigenvalue weighted by Gasteiger charge is 2.43. The minimum atomic E-state index is -1.37. The monoisotopic (exact) mass is 628 g/mol. The number of carbonyl (C=O) groups is 2. The van der Waals surface area contributed by atoms with Crippen molar-refractivity contribution in [2.24, 2.45) is 5.92 Å². The number of nitrogens with zero attached hydrogens (tertiary/aromatic N) is 2. The first-order chi connectivity index (χ1) is 21.7. The molecule has 1 fully saturated rings. The molecule has 0 spiro atoms. The predicted octanol–water partition coefficient (Wildman–Crippen LogP) is 6.46. The SMILES string of the molecule is CNCc1ccc(C(=O)N2CCC[C@@H]([C@@](O)(CCCNC(=O)OC)c3cccc(Cl)c3-c3ccc4cccc(C)c4n3)C2)cc1. The van der Waals surface area contributed by atoms with E-state index in [0.29, 0.717) is 59.9 Å². The molecule has 5 rings (SSSR count). The third-order valence-electron chi connectivity index (χ3n) is 8.81. The van der Waals surface area contributed by atoms with Gasteiger partial charge in [0.05, 0.1) is 28.9 Å². The molecule has 2 atom stereocenters. The van der Waals surface area contributed by atoms with Gasteiger partial charge in [0.1, 0.15) is 0 Å². The summed E-state index contributed by atoms with van der Waals surface area (Å²) in [5.41, 5.74) is 4.31. The number of carbonyl (C=O) groups excluding carboxylic acids is 2. The number of nitrogens with one attached hydrogen (secondary N) is 2. The Kier molecular flexibility index (Phi) is 10.4. The zero-order valence-electron chi connectivity index (χ0n) is 26.1. The molecule has 1 aliphatic heterocycles. The first-order valence-corrected chi connectivity index (χ1v) is 15.9. The van der Waals surface area contributed by atoms with Crippen LogP contribution in [0.4, 0.5) is 4.79 Å². The van der Waals surface area contributed by atoms with Crippen molar-refractivity contribution in [1.82, 2.24) is 20.5 Å². The number of aliphatic hydroxyl groups is 1. The molecule has 9 heteroatoms. The highest BCUT2D eigenvalue weighted by atomic mass is 35.5. The van der Waals surface area contributed by atoms with Crippen LogP contribution in [0.2, 0.25) is 5.02 Å². The summed E-state index contributed by atoms with van der Waals surface area (Å²) >= 11 is 6.92. The van der Waals surface area contributed by atoms with Crippen LogP contribution in [-0.2, 0) is 16.9 Å². The van der Waals surface area contributed by atoms with Gasteiger partial charge >= 0.3 is 6.09 Å². The van der Waals surface area contributed by atoms with Gasteiger partial charge in [-0.3, -0.25) is 4.79 Å². The van der Waals surface area contributed by atoms with Crippen molar-refractivity contribution in [2.75, 3.05) is 33.8 Å². The number of fused-ring (bicyclic) bond motifs is 1. The fraction of sp³-hybridized carbons (Fsp3) is 0.361. The van der Waals surface area contributed by atoms with Gasteiger partial charge in [0.15, 0.2) is 0 Å². The second-order valence-electron chi connectivity index (χ2n) is 11.8. The summed E-state index contributed by atoms with van der Waals surface area (Å²) in [5.74, 6) is -0.334. The van der Waals surface area contributed by atoms with Crippen LogP contribution in [0.5, 0.6) is 0 Å². The van der Waals surface area contributed by atoms with Crippen molar-refractivity contribution in [1.29, 1.82) is 0 Å². The van der Waals surface area contributed by atoms with Crippen molar-refractivity contribution in [3.63, 3.8) is 0 Å². The highest BCUT2D eigenvalue weighted by Crippen LogP contribution is 2.45. The number of alkyl carbamates (subject to hydrolysis) is 1. The zero-order valence-corrected chi connectivity index (χ0v) is 26.9. The van der Waals surface area contributed by atoms with E-state index in [9.17, 15) is 14.7 Å². The maximum Gasteiger partial charge on any atom is 0.406 e. The van der Waals surface area contributed by atoms with E-state index in [1.54, 1.807) is 0 Å².